The summed E-state index contributed by atoms with van der Waals surface area (Å²) >= 11 is 6.28. The molecule has 174 valence electrons. The van der Waals surface area contributed by atoms with Crippen molar-refractivity contribution in [3.63, 3.8) is 0 Å². The maximum atomic E-state index is 13.9. The normalized spacial score (nSPS) is 11.1. The van der Waals surface area contributed by atoms with E-state index in [1.54, 1.807) is 44.3 Å². The lowest BCUT2D eigenvalue weighted by atomic mass is 9.94. The number of nitrogens with zero attached hydrogens (tertiary/aromatic N) is 4. The molecule has 0 fully saturated rings. The van der Waals surface area contributed by atoms with Crippen LogP contribution < -0.4 is 0 Å². The van der Waals surface area contributed by atoms with Crippen LogP contribution in [0.2, 0.25) is 5.02 Å². The zero-order valence-corrected chi connectivity index (χ0v) is 19.8. The van der Waals surface area contributed by atoms with Crippen molar-refractivity contribution in [3.8, 4) is 16.8 Å². The Morgan fingerprint density at radius 2 is 1.86 bits per heavy atom. The summed E-state index contributed by atoms with van der Waals surface area (Å²) in [6, 6.07) is 19.8. The number of esters is 1. The number of carbonyl (C=O) groups excluding carboxylic acids is 1. The van der Waals surface area contributed by atoms with Crippen molar-refractivity contribution in [2.24, 2.45) is 0 Å². The molecule has 0 spiro atoms. The van der Waals surface area contributed by atoms with Crippen LogP contribution in [0.5, 0.6) is 0 Å². The van der Waals surface area contributed by atoms with Crippen molar-refractivity contribution in [2.45, 2.75) is 20.5 Å². The second-order valence-electron chi connectivity index (χ2n) is 8.14. The predicted octanol–water partition coefficient (Wildman–Crippen LogP) is 6.25. The van der Waals surface area contributed by atoms with E-state index in [1.807, 2.05) is 36.4 Å². The molecule has 35 heavy (non-hydrogen) atoms. The molecule has 2 heterocycles. The van der Waals surface area contributed by atoms with Gasteiger partial charge in [0.2, 0.25) is 0 Å². The van der Waals surface area contributed by atoms with Crippen LogP contribution in [-0.4, -0.2) is 25.9 Å². The number of hydrogen-bond donors (Lipinski definition) is 0. The molecule has 0 aliphatic heterocycles. The summed E-state index contributed by atoms with van der Waals surface area (Å²) in [6.07, 6.45) is 1.60. The van der Waals surface area contributed by atoms with Gasteiger partial charge in [-0.1, -0.05) is 53.2 Å². The fourth-order valence-corrected chi connectivity index (χ4v) is 4.11. The van der Waals surface area contributed by atoms with Crippen LogP contribution in [0.15, 0.2) is 72.9 Å². The lowest BCUT2D eigenvalue weighted by Gasteiger charge is -2.15. The maximum Gasteiger partial charge on any atom is 0.341 e. The monoisotopic (exact) mass is 486 g/mol. The number of hydrogen-bond acceptors (Lipinski definition) is 5. The Kier molecular flexibility index (Phi) is 6.01. The Bertz CT molecular complexity index is 1570. The van der Waals surface area contributed by atoms with Gasteiger partial charge in [-0.05, 0) is 55.3 Å². The van der Waals surface area contributed by atoms with E-state index in [-0.39, 0.29) is 12.4 Å². The molecule has 0 saturated carbocycles. The third-order valence-corrected chi connectivity index (χ3v) is 5.94. The Morgan fingerprint density at radius 1 is 1.06 bits per heavy atom. The molecule has 0 radical (unpaired) electrons. The fraction of sp³-hybridized carbons (Fsp3) is 0.111. The van der Waals surface area contributed by atoms with Crippen LogP contribution in [0.1, 0.15) is 27.3 Å². The average molecular weight is 487 g/mol. The van der Waals surface area contributed by atoms with E-state index in [4.69, 9.17) is 16.3 Å². The minimum absolute atomic E-state index is 0.103. The highest BCUT2D eigenvalue weighted by Gasteiger charge is 2.22. The smallest absolute Gasteiger partial charge is 0.341 e. The minimum Gasteiger partial charge on any atom is -0.455 e. The molecule has 0 aliphatic rings. The number of halogens is 2. The second kappa shape index (κ2) is 9.27. The van der Waals surface area contributed by atoms with Crippen LogP contribution in [0.4, 0.5) is 4.39 Å². The van der Waals surface area contributed by atoms with Gasteiger partial charge >= 0.3 is 5.97 Å². The molecular weight excluding hydrogens is 467 g/mol. The Morgan fingerprint density at radius 3 is 2.63 bits per heavy atom. The molecule has 0 bridgehead atoms. The molecule has 2 aromatic heterocycles. The SMILES string of the molecule is Cc1ccc(-n2cc(COC(=O)c3c(C)nc4ccc(Cl)cc4c3-c3ccccc3)nn2)cc1F. The standard InChI is InChI=1S/C27H20ClFN4O2/c1-16-8-10-21(13-23(16)29)33-14-20(31-32-33)15-35-27(34)25-17(2)30-24-11-9-19(28)12-22(24)26(25)18-6-4-3-5-7-18/h3-14H,15H2,1-2H3. The molecule has 0 saturated heterocycles. The Balaban J connectivity index is 1.47. The van der Waals surface area contributed by atoms with Crippen LogP contribution in [0.25, 0.3) is 27.7 Å². The highest BCUT2D eigenvalue weighted by molar-refractivity contribution is 6.31. The number of ether oxygens (including phenoxy) is 1. The highest BCUT2D eigenvalue weighted by atomic mass is 35.5. The van der Waals surface area contributed by atoms with E-state index in [1.165, 1.54) is 10.7 Å². The molecule has 0 atom stereocenters. The van der Waals surface area contributed by atoms with Gasteiger partial charge < -0.3 is 4.74 Å². The van der Waals surface area contributed by atoms with E-state index in [9.17, 15) is 9.18 Å². The van der Waals surface area contributed by atoms with Crippen molar-refractivity contribution >= 4 is 28.5 Å². The van der Waals surface area contributed by atoms with E-state index in [0.29, 0.717) is 38.8 Å². The number of aromatic nitrogens is 4. The third kappa shape index (κ3) is 4.50. The van der Waals surface area contributed by atoms with E-state index in [2.05, 4.69) is 15.3 Å². The van der Waals surface area contributed by atoms with Crippen molar-refractivity contribution < 1.29 is 13.9 Å². The first-order valence-electron chi connectivity index (χ1n) is 10.9. The molecule has 6 nitrogen and oxygen atoms in total. The second-order valence-corrected chi connectivity index (χ2v) is 8.58. The summed E-state index contributed by atoms with van der Waals surface area (Å²) in [5.41, 5.74) is 4.69. The van der Waals surface area contributed by atoms with Gasteiger partial charge in [0, 0.05) is 16.0 Å². The van der Waals surface area contributed by atoms with Gasteiger partial charge in [-0.3, -0.25) is 4.98 Å². The fourth-order valence-electron chi connectivity index (χ4n) is 3.94. The summed E-state index contributed by atoms with van der Waals surface area (Å²) in [5.74, 6) is -0.870. The molecule has 0 unspecified atom stereocenters. The number of aryl methyl sites for hydroxylation is 2. The predicted molar refractivity (Wildman–Crippen MR) is 132 cm³/mol. The minimum atomic E-state index is -0.536. The van der Waals surface area contributed by atoms with E-state index in [0.717, 1.165) is 16.5 Å². The van der Waals surface area contributed by atoms with Gasteiger partial charge in [-0.25, -0.2) is 13.9 Å². The molecular formula is C27H20ClFN4O2. The maximum absolute atomic E-state index is 13.9. The number of rotatable bonds is 5. The first-order chi connectivity index (χ1) is 16.9. The van der Waals surface area contributed by atoms with E-state index < -0.39 is 5.97 Å². The Labute approximate surface area is 206 Å². The summed E-state index contributed by atoms with van der Waals surface area (Å²) < 4.78 is 21.0. The van der Waals surface area contributed by atoms with Gasteiger partial charge in [0.1, 0.15) is 18.1 Å². The third-order valence-electron chi connectivity index (χ3n) is 5.71. The lowest BCUT2D eigenvalue weighted by Crippen LogP contribution is -2.11. The molecule has 5 aromatic rings. The van der Waals surface area contributed by atoms with Crippen molar-refractivity contribution in [1.29, 1.82) is 0 Å². The zero-order chi connectivity index (χ0) is 24.5. The van der Waals surface area contributed by atoms with Crippen LogP contribution in [0.3, 0.4) is 0 Å². The zero-order valence-electron chi connectivity index (χ0n) is 19.0. The van der Waals surface area contributed by atoms with Crippen molar-refractivity contribution in [1.82, 2.24) is 20.0 Å². The summed E-state index contributed by atoms with van der Waals surface area (Å²) in [4.78, 5) is 17.9. The molecule has 0 amide bonds. The molecule has 0 N–H and O–H groups in total. The average Bonchev–Trinajstić information content (AvgIpc) is 3.33. The summed E-state index contributed by atoms with van der Waals surface area (Å²) in [5, 5.41) is 9.38. The first-order valence-corrected chi connectivity index (χ1v) is 11.3. The van der Waals surface area contributed by atoms with Crippen LogP contribution in [-0.2, 0) is 11.3 Å². The van der Waals surface area contributed by atoms with Gasteiger partial charge in [-0.15, -0.1) is 5.10 Å². The number of carbonyl (C=O) groups is 1. The van der Waals surface area contributed by atoms with Gasteiger partial charge in [0.15, 0.2) is 0 Å². The number of pyridine rings is 1. The van der Waals surface area contributed by atoms with Crippen LogP contribution >= 0.6 is 11.6 Å². The van der Waals surface area contributed by atoms with Gasteiger partial charge in [-0.2, -0.15) is 0 Å². The number of fused-ring (bicyclic) bond motifs is 1. The van der Waals surface area contributed by atoms with Gasteiger partial charge in [0.05, 0.1) is 28.7 Å². The summed E-state index contributed by atoms with van der Waals surface area (Å²) in [6.45, 7) is 3.36. The molecule has 8 heteroatoms. The van der Waals surface area contributed by atoms with E-state index >= 15 is 0 Å². The largest absolute Gasteiger partial charge is 0.455 e. The molecule has 0 aliphatic carbocycles. The van der Waals surface area contributed by atoms with Crippen molar-refractivity contribution in [3.05, 3.63) is 106 Å². The van der Waals surface area contributed by atoms with Crippen LogP contribution in [0, 0.1) is 19.7 Å². The first kappa shape index (κ1) is 22.7. The van der Waals surface area contributed by atoms with Crippen molar-refractivity contribution in [2.75, 3.05) is 0 Å². The molecule has 3 aromatic carbocycles. The highest BCUT2D eigenvalue weighted by Crippen LogP contribution is 2.35. The number of benzene rings is 3. The Hall–Kier alpha value is -4.10. The summed E-state index contributed by atoms with van der Waals surface area (Å²) in [7, 11) is 0. The lowest BCUT2D eigenvalue weighted by molar-refractivity contribution is 0.0467. The molecule has 5 rings (SSSR count). The van der Waals surface area contributed by atoms with Gasteiger partial charge in [0.25, 0.3) is 0 Å². The topological polar surface area (TPSA) is 69.9 Å². The quantitative estimate of drug-likeness (QED) is 0.275.